The molecular weight excluding hydrogens is 182 g/mol. The van der Waals surface area contributed by atoms with E-state index in [4.69, 9.17) is 9.84 Å². The lowest BCUT2D eigenvalue weighted by atomic mass is 10.1. The minimum absolute atomic E-state index is 0.0166. The molecule has 4 nitrogen and oxygen atoms in total. The Hall–Kier alpha value is -1.55. The molecule has 1 aromatic carbocycles. The van der Waals surface area contributed by atoms with Gasteiger partial charge in [0, 0.05) is 0 Å². The first-order valence-electron chi connectivity index (χ1n) is 4.42. The summed E-state index contributed by atoms with van der Waals surface area (Å²) in [4.78, 5) is 11.2. The summed E-state index contributed by atoms with van der Waals surface area (Å²) in [6, 6.07) is 4.84. The van der Waals surface area contributed by atoms with Gasteiger partial charge in [0.15, 0.2) is 5.75 Å². The van der Waals surface area contributed by atoms with Crippen molar-refractivity contribution in [1.29, 1.82) is 0 Å². The molecule has 0 saturated carbocycles. The zero-order valence-electron chi connectivity index (χ0n) is 7.78. The van der Waals surface area contributed by atoms with Crippen LogP contribution in [0.25, 0.3) is 0 Å². The van der Waals surface area contributed by atoms with Crippen LogP contribution in [0.15, 0.2) is 18.2 Å². The summed E-state index contributed by atoms with van der Waals surface area (Å²) in [6.07, 6.45) is 0. The zero-order chi connectivity index (χ0) is 10.1. The van der Waals surface area contributed by atoms with Gasteiger partial charge in [0.25, 0.3) is 0 Å². The minimum atomic E-state index is -0.337. The highest BCUT2D eigenvalue weighted by atomic mass is 16.5. The maximum absolute atomic E-state index is 11.2. The van der Waals surface area contributed by atoms with E-state index in [1.165, 1.54) is 0 Å². The summed E-state index contributed by atoms with van der Waals surface area (Å²) in [7, 11) is 0. The van der Waals surface area contributed by atoms with Crippen LogP contribution in [0.2, 0.25) is 0 Å². The second kappa shape index (κ2) is 3.31. The molecule has 1 aromatic rings. The van der Waals surface area contributed by atoms with Crippen molar-refractivity contribution < 1.29 is 14.6 Å². The van der Waals surface area contributed by atoms with Crippen LogP contribution < -0.4 is 10.1 Å². The van der Waals surface area contributed by atoms with Crippen LogP contribution >= 0.6 is 0 Å². The molecule has 1 unspecified atom stereocenters. The highest BCUT2D eigenvalue weighted by Crippen LogP contribution is 2.30. The molecule has 1 atom stereocenters. The van der Waals surface area contributed by atoms with Crippen molar-refractivity contribution in [2.45, 2.75) is 19.6 Å². The number of aliphatic hydroxyl groups excluding tert-OH is 1. The second-order valence-corrected chi connectivity index (χ2v) is 3.28. The molecule has 1 aliphatic heterocycles. The number of esters is 1. The molecule has 0 saturated heterocycles. The molecule has 0 amide bonds. The van der Waals surface area contributed by atoms with E-state index in [-0.39, 0.29) is 18.6 Å². The number of aliphatic hydroxyl groups is 1. The molecule has 0 aromatic heterocycles. The third-order valence-electron chi connectivity index (χ3n) is 2.16. The van der Waals surface area contributed by atoms with E-state index in [2.05, 4.69) is 5.32 Å². The number of fused-ring (bicyclic) bond motifs is 1. The fraction of sp³-hybridized carbons (Fsp3) is 0.300. The fourth-order valence-electron chi connectivity index (χ4n) is 1.37. The molecule has 0 radical (unpaired) electrons. The number of hydrogen-bond acceptors (Lipinski definition) is 4. The van der Waals surface area contributed by atoms with Crippen molar-refractivity contribution in [2.24, 2.45) is 0 Å². The summed E-state index contributed by atoms with van der Waals surface area (Å²) >= 11 is 0. The van der Waals surface area contributed by atoms with Gasteiger partial charge in [-0.2, -0.15) is 0 Å². The molecular formula is C10H11NO3. The topological polar surface area (TPSA) is 58.6 Å². The number of anilines is 1. The first-order chi connectivity index (χ1) is 6.70. The van der Waals surface area contributed by atoms with Gasteiger partial charge in [0.2, 0.25) is 0 Å². The van der Waals surface area contributed by atoms with Crippen molar-refractivity contribution in [1.82, 2.24) is 0 Å². The number of carbonyl (C=O) groups is 1. The Bertz CT molecular complexity index is 376. The summed E-state index contributed by atoms with van der Waals surface area (Å²) in [5.74, 6) is 0.236. The first kappa shape index (κ1) is 9.02. The van der Waals surface area contributed by atoms with E-state index in [9.17, 15) is 4.79 Å². The van der Waals surface area contributed by atoms with Crippen molar-refractivity contribution >= 4 is 11.7 Å². The van der Waals surface area contributed by atoms with Gasteiger partial charge in [0.1, 0.15) is 6.04 Å². The number of rotatable bonds is 1. The summed E-state index contributed by atoms with van der Waals surface area (Å²) in [5, 5.41) is 11.9. The second-order valence-electron chi connectivity index (χ2n) is 3.28. The Morgan fingerprint density at radius 1 is 1.57 bits per heavy atom. The third-order valence-corrected chi connectivity index (χ3v) is 2.16. The maximum atomic E-state index is 11.2. The van der Waals surface area contributed by atoms with Crippen molar-refractivity contribution in [3.63, 3.8) is 0 Å². The van der Waals surface area contributed by atoms with E-state index in [0.717, 1.165) is 11.3 Å². The quantitative estimate of drug-likeness (QED) is 0.514. The van der Waals surface area contributed by atoms with Gasteiger partial charge < -0.3 is 15.2 Å². The average molecular weight is 193 g/mol. The highest BCUT2D eigenvalue weighted by molar-refractivity contribution is 5.86. The molecule has 14 heavy (non-hydrogen) atoms. The zero-order valence-corrected chi connectivity index (χ0v) is 7.78. The van der Waals surface area contributed by atoms with E-state index in [0.29, 0.717) is 5.75 Å². The summed E-state index contributed by atoms with van der Waals surface area (Å²) < 4.78 is 5.06. The van der Waals surface area contributed by atoms with Gasteiger partial charge in [-0.1, -0.05) is 6.07 Å². The van der Waals surface area contributed by atoms with Gasteiger partial charge in [-0.25, -0.2) is 4.79 Å². The molecule has 4 heteroatoms. The molecule has 74 valence electrons. The van der Waals surface area contributed by atoms with E-state index in [1.54, 1.807) is 25.1 Å². The Kier molecular flexibility index (Phi) is 2.13. The summed E-state index contributed by atoms with van der Waals surface area (Å²) in [5.41, 5.74) is 1.55. The van der Waals surface area contributed by atoms with Crippen molar-refractivity contribution in [3.8, 4) is 5.75 Å². The van der Waals surface area contributed by atoms with Crippen LogP contribution in [-0.2, 0) is 11.4 Å². The van der Waals surface area contributed by atoms with E-state index in [1.807, 2.05) is 0 Å². The predicted octanol–water partition coefficient (Wildman–Crippen LogP) is 0.898. The molecule has 0 fully saturated rings. The van der Waals surface area contributed by atoms with Crippen LogP contribution in [0.4, 0.5) is 5.69 Å². The highest BCUT2D eigenvalue weighted by Gasteiger charge is 2.23. The lowest BCUT2D eigenvalue weighted by molar-refractivity contribution is -0.135. The molecule has 2 rings (SSSR count). The van der Waals surface area contributed by atoms with Gasteiger partial charge >= 0.3 is 5.97 Å². The van der Waals surface area contributed by atoms with Crippen LogP contribution in [0.3, 0.4) is 0 Å². The maximum Gasteiger partial charge on any atom is 0.333 e. The Balaban J connectivity index is 2.37. The molecule has 0 bridgehead atoms. The van der Waals surface area contributed by atoms with E-state index >= 15 is 0 Å². The average Bonchev–Trinajstić information content (AvgIpc) is 2.19. The third kappa shape index (κ3) is 1.44. The smallest absolute Gasteiger partial charge is 0.333 e. The fourth-order valence-corrected chi connectivity index (χ4v) is 1.37. The lowest BCUT2D eigenvalue weighted by Gasteiger charge is -2.23. The van der Waals surface area contributed by atoms with Crippen LogP contribution in [0.1, 0.15) is 12.5 Å². The van der Waals surface area contributed by atoms with Crippen molar-refractivity contribution in [3.05, 3.63) is 23.8 Å². The number of hydrogen-bond donors (Lipinski definition) is 2. The number of nitrogens with one attached hydrogen (secondary N) is 1. The van der Waals surface area contributed by atoms with Gasteiger partial charge in [0.05, 0.1) is 12.3 Å². The molecule has 1 aliphatic rings. The molecule has 2 N–H and O–H groups in total. The number of benzene rings is 1. The van der Waals surface area contributed by atoms with Crippen LogP contribution in [0.5, 0.6) is 5.75 Å². The van der Waals surface area contributed by atoms with Crippen LogP contribution in [-0.4, -0.2) is 17.1 Å². The minimum Gasteiger partial charge on any atom is -0.423 e. The van der Waals surface area contributed by atoms with Crippen LogP contribution in [0, 0.1) is 0 Å². The van der Waals surface area contributed by atoms with Crippen molar-refractivity contribution in [2.75, 3.05) is 5.32 Å². The van der Waals surface area contributed by atoms with Gasteiger partial charge in [-0.15, -0.1) is 0 Å². The Morgan fingerprint density at radius 2 is 2.36 bits per heavy atom. The monoisotopic (exact) mass is 193 g/mol. The predicted molar refractivity (Wildman–Crippen MR) is 51.1 cm³/mol. The largest absolute Gasteiger partial charge is 0.423 e. The molecule has 0 aliphatic carbocycles. The molecule has 0 spiro atoms. The Labute approximate surface area is 81.5 Å². The number of ether oxygens (including phenoxy) is 1. The lowest BCUT2D eigenvalue weighted by Crippen LogP contribution is -2.34. The normalized spacial score (nSPS) is 19.6. The molecule has 1 heterocycles. The van der Waals surface area contributed by atoms with Gasteiger partial charge in [-0.05, 0) is 24.6 Å². The van der Waals surface area contributed by atoms with Gasteiger partial charge in [-0.3, -0.25) is 0 Å². The SMILES string of the molecule is CC1Nc2cc(CO)ccc2OC1=O. The summed E-state index contributed by atoms with van der Waals surface area (Å²) in [6.45, 7) is 1.72. The number of carbonyl (C=O) groups excluding carboxylic acids is 1. The first-order valence-corrected chi connectivity index (χ1v) is 4.42. The Morgan fingerprint density at radius 3 is 3.07 bits per heavy atom. The van der Waals surface area contributed by atoms with E-state index < -0.39 is 0 Å². The standard InChI is InChI=1S/C10H11NO3/c1-6-10(13)14-9-3-2-7(5-12)4-8(9)11-6/h2-4,6,11-12H,5H2,1H3.